The molecule has 3 aromatic carbocycles. The Labute approximate surface area is 275 Å². The molecule has 3 aromatic rings. The van der Waals surface area contributed by atoms with Crippen LogP contribution >= 0.6 is 23.2 Å². The van der Waals surface area contributed by atoms with E-state index in [1.807, 2.05) is 13.8 Å². The topological polar surface area (TPSA) is 114 Å². The Balaban J connectivity index is 2.11. The van der Waals surface area contributed by atoms with Crippen LogP contribution < -0.4 is 23.8 Å². The summed E-state index contributed by atoms with van der Waals surface area (Å²) in [6.45, 7) is 5.78. The van der Waals surface area contributed by atoms with Gasteiger partial charge in [-0.3, -0.25) is 13.9 Å². The maximum atomic E-state index is 14.2. The first kappa shape index (κ1) is 35.8. The normalized spacial score (nSPS) is 11.8. The van der Waals surface area contributed by atoms with Gasteiger partial charge in [-0.2, -0.15) is 0 Å². The van der Waals surface area contributed by atoms with Crippen molar-refractivity contribution >= 4 is 50.7 Å². The molecular formula is C32H39Cl2N3O7S. The summed E-state index contributed by atoms with van der Waals surface area (Å²) < 4.78 is 45.6. The largest absolute Gasteiger partial charge is 0.494 e. The number of amides is 2. The Bertz CT molecular complexity index is 1570. The van der Waals surface area contributed by atoms with E-state index in [4.69, 9.17) is 37.4 Å². The highest BCUT2D eigenvalue weighted by Crippen LogP contribution is 2.33. The fourth-order valence-electron chi connectivity index (χ4n) is 4.63. The first-order valence-corrected chi connectivity index (χ1v) is 16.7. The molecule has 0 fully saturated rings. The third kappa shape index (κ3) is 8.96. The van der Waals surface area contributed by atoms with Crippen molar-refractivity contribution < 1.29 is 32.2 Å². The maximum Gasteiger partial charge on any atom is 0.264 e. The van der Waals surface area contributed by atoms with Crippen LogP contribution in [0.1, 0.15) is 39.2 Å². The molecular weight excluding hydrogens is 641 g/mol. The van der Waals surface area contributed by atoms with Crippen molar-refractivity contribution in [1.82, 2.24) is 10.2 Å². The number of methoxy groups -OCH3 is 2. The molecule has 2 amide bonds. The molecule has 3 rings (SSSR count). The number of anilines is 1. The smallest absolute Gasteiger partial charge is 0.264 e. The molecule has 0 aliphatic heterocycles. The average molecular weight is 681 g/mol. The van der Waals surface area contributed by atoms with Gasteiger partial charge in [-0.1, -0.05) is 43.1 Å². The molecule has 0 bridgehead atoms. The van der Waals surface area contributed by atoms with Gasteiger partial charge in [-0.05, 0) is 73.9 Å². The summed E-state index contributed by atoms with van der Waals surface area (Å²) in [6, 6.07) is 14.6. The second-order valence-corrected chi connectivity index (χ2v) is 12.6. The van der Waals surface area contributed by atoms with Gasteiger partial charge in [-0.25, -0.2) is 8.42 Å². The van der Waals surface area contributed by atoms with E-state index >= 15 is 0 Å². The Morgan fingerprint density at radius 1 is 0.889 bits per heavy atom. The van der Waals surface area contributed by atoms with E-state index in [9.17, 15) is 18.0 Å². The second-order valence-electron chi connectivity index (χ2n) is 9.94. The third-order valence-corrected chi connectivity index (χ3v) is 9.44. The van der Waals surface area contributed by atoms with Gasteiger partial charge < -0.3 is 24.4 Å². The number of hydrogen-bond donors (Lipinski definition) is 1. The summed E-state index contributed by atoms with van der Waals surface area (Å²) in [5.74, 6) is 0.143. The molecule has 0 spiro atoms. The minimum Gasteiger partial charge on any atom is -0.494 e. The van der Waals surface area contributed by atoms with Gasteiger partial charge in [0.2, 0.25) is 11.8 Å². The van der Waals surface area contributed by atoms with E-state index in [1.165, 1.54) is 37.3 Å². The van der Waals surface area contributed by atoms with E-state index in [-0.39, 0.29) is 40.2 Å². The Hall–Kier alpha value is -3.67. The van der Waals surface area contributed by atoms with E-state index in [2.05, 4.69) is 5.32 Å². The molecule has 0 heterocycles. The molecule has 0 radical (unpaired) electrons. The lowest BCUT2D eigenvalue weighted by Gasteiger charge is -2.33. The summed E-state index contributed by atoms with van der Waals surface area (Å²) in [4.78, 5) is 28.8. The fourth-order valence-corrected chi connectivity index (χ4v) is 6.38. The van der Waals surface area contributed by atoms with Crippen LogP contribution in [0.3, 0.4) is 0 Å². The molecule has 10 nitrogen and oxygen atoms in total. The number of nitrogens with zero attached hydrogens (tertiary/aromatic N) is 2. The SMILES string of the molecule is CCCNC(=O)C(CC)N(Cc1ccc(Cl)c(Cl)c1)C(=O)CN(c1ccc(OCC)cc1)S(=O)(=O)c1ccc(OC)c(OC)c1. The van der Waals surface area contributed by atoms with Crippen LogP contribution in [-0.4, -0.2) is 65.1 Å². The molecule has 0 aliphatic rings. The summed E-state index contributed by atoms with van der Waals surface area (Å²) in [7, 11) is -1.50. The number of carbonyl (C=O) groups excluding carboxylic acids is 2. The van der Waals surface area contributed by atoms with Crippen LogP contribution in [0.25, 0.3) is 0 Å². The van der Waals surface area contributed by atoms with Crippen molar-refractivity contribution in [2.24, 2.45) is 0 Å². The van der Waals surface area contributed by atoms with Gasteiger partial charge >= 0.3 is 0 Å². The number of nitrogens with one attached hydrogen (secondary N) is 1. The molecule has 45 heavy (non-hydrogen) atoms. The quantitative estimate of drug-likeness (QED) is 0.199. The molecule has 13 heteroatoms. The minimum atomic E-state index is -4.35. The van der Waals surface area contributed by atoms with Crippen molar-refractivity contribution in [3.63, 3.8) is 0 Å². The summed E-state index contributed by atoms with van der Waals surface area (Å²) in [6.07, 6.45) is 0.992. The average Bonchev–Trinajstić information content (AvgIpc) is 3.04. The zero-order valence-electron chi connectivity index (χ0n) is 26.0. The highest BCUT2D eigenvalue weighted by atomic mass is 35.5. The van der Waals surface area contributed by atoms with Gasteiger partial charge in [-0.15, -0.1) is 0 Å². The zero-order valence-corrected chi connectivity index (χ0v) is 28.3. The summed E-state index contributed by atoms with van der Waals surface area (Å²) in [5.41, 5.74) is 0.842. The molecule has 0 saturated heterocycles. The Morgan fingerprint density at radius 3 is 2.16 bits per heavy atom. The predicted molar refractivity (Wildman–Crippen MR) is 176 cm³/mol. The highest BCUT2D eigenvalue weighted by Gasteiger charge is 2.34. The van der Waals surface area contributed by atoms with E-state index in [0.717, 1.165) is 4.31 Å². The van der Waals surface area contributed by atoms with E-state index in [1.54, 1.807) is 49.4 Å². The number of hydrogen-bond acceptors (Lipinski definition) is 7. The molecule has 1 unspecified atom stereocenters. The third-order valence-electron chi connectivity index (χ3n) is 6.93. The van der Waals surface area contributed by atoms with Crippen molar-refractivity contribution in [2.75, 3.05) is 38.2 Å². The van der Waals surface area contributed by atoms with Crippen molar-refractivity contribution in [3.8, 4) is 17.2 Å². The Kier molecular flexibility index (Phi) is 13.2. The Morgan fingerprint density at radius 2 is 1.58 bits per heavy atom. The van der Waals surface area contributed by atoms with Crippen molar-refractivity contribution in [3.05, 3.63) is 76.3 Å². The van der Waals surface area contributed by atoms with Crippen LogP contribution in [0.2, 0.25) is 10.0 Å². The predicted octanol–water partition coefficient (Wildman–Crippen LogP) is 5.94. The van der Waals surface area contributed by atoms with Crippen LogP contribution in [0.4, 0.5) is 5.69 Å². The summed E-state index contributed by atoms with van der Waals surface area (Å²) >= 11 is 12.4. The van der Waals surface area contributed by atoms with Gasteiger partial charge in [0.15, 0.2) is 11.5 Å². The molecule has 0 aliphatic carbocycles. The standard InChI is InChI=1S/C32H39Cl2N3O7S/c1-6-17-35-32(39)28(7-2)36(20-22-9-15-26(33)27(34)18-22)31(38)21-37(23-10-12-24(13-11-23)44-8-3)45(40,41)25-14-16-29(42-4)30(19-25)43-5/h9-16,18-19,28H,6-8,17,20-21H2,1-5H3,(H,35,39). The molecule has 1 atom stereocenters. The van der Waals surface area contributed by atoms with Gasteiger partial charge in [0, 0.05) is 19.2 Å². The second kappa shape index (κ2) is 16.6. The lowest BCUT2D eigenvalue weighted by molar-refractivity contribution is -0.140. The minimum absolute atomic E-state index is 0.0126. The first-order chi connectivity index (χ1) is 21.5. The van der Waals surface area contributed by atoms with Gasteiger partial charge in [0.05, 0.1) is 41.5 Å². The molecule has 0 aromatic heterocycles. The number of carbonyl (C=O) groups is 2. The van der Waals surface area contributed by atoms with Crippen molar-refractivity contribution in [2.45, 2.75) is 51.1 Å². The number of halogens is 2. The van der Waals surface area contributed by atoms with Crippen LogP contribution in [0.5, 0.6) is 17.2 Å². The lowest BCUT2D eigenvalue weighted by atomic mass is 10.1. The lowest BCUT2D eigenvalue weighted by Crippen LogP contribution is -2.52. The zero-order chi connectivity index (χ0) is 33.1. The molecule has 1 N–H and O–H groups in total. The highest BCUT2D eigenvalue weighted by molar-refractivity contribution is 7.92. The van der Waals surface area contributed by atoms with E-state index < -0.39 is 28.5 Å². The fraction of sp³-hybridized carbons (Fsp3) is 0.375. The van der Waals surface area contributed by atoms with Crippen molar-refractivity contribution in [1.29, 1.82) is 0 Å². The first-order valence-electron chi connectivity index (χ1n) is 14.5. The maximum absolute atomic E-state index is 14.2. The van der Waals surface area contributed by atoms with Crippen LogP contribution in [0.15, 0.2) is 65.6 Å². The molecule has 244 valence electrons. The van der Waals surface area contributed by atoms with E-state index in [0.29, 0.717) is 41.7 Å². The molecule has 0 saturated carbocycles. The number of sulfonamides is 1. The van der Waals surface area contributed by atoms with Gasteiger partial charge in [0.1, 0.15) is 18.3 Å². The van der Waals surface area contributed by atoms with Crippen LogP contribution in [-0.2, 0) is 26.2 Å². The van der Waals surface area contributed by atoms with Gasteiger partial charge in [0.25, 0.3) is 10.0 Å². The van der Waals surface area contributed by atoms with Crippen LogP contribution in [0, 0.1) is 0 Å². The summed E-state index contributed by atoms with van der Waals surface area (Å²) in [5, 5.41) is 3.49. The number of benzene rings is 3. The number of rotatable bonds is 16. The monoisotopic (exact) mass is 679 g/mol. The number of ether oxygens (including phenoxy) is 3.